The number of aromatic nitrogens is 6. The zero-order chi connectivity index (χ0) is 17.1. The third-order valence-corrected chi connectivity index (χ3v) is 4.82. The Morgan fingerprint density at radius 2 is 2.16 bits per heavy atom. The van der Waals surface area contributed by atoms with Crippen LogP contribution in [0.1, 0.15) is 35.7 Å². The molecule has 0 saturated carbocycles. The van der Waals surface area contributed by atoms with E-state index in [9.17, 15) is 0 Å². The van der Waals surface area contributed by atoms with Crippen molar-refractivity contribution in [3.05, 3.63) is 59.9 Å². The minimum Gasteiger partial charge on any atom is -0.297 e. The summed E-state index contributed by atoms with van der Waals surface area (Å²) >= 11 is 0. The highest BCUT2D eigenvalue weighted by molar-refractivity contribution is 5.11. The number of pyridine rings is 1. The second-order valence-corrected chi connectivity index (χ2v) is 6.72. The molecule has 0 aromatic carbocycles. The second kappa shape index (κ2) is 7.14. The molecule has 0 spiro atoms. The van der Waals surface area contributed by atoms with Gasteiger partial charge in [0.25, 0.3) is 0 Å². The van der Waals surface area contributed by atoms with Crippen LogP contribution in [-0.4, -0.2) is 47.7 Å². The standard InChI is InChI=1S/C18H23N7/c1-23-18(6-8-20-23)16-5-3-9-24(12-16)13-17-14-25(22-21-17)11-15-4-2-7-19-10-15/h2,4,6-8,10,14,16H,3,5,9,11-13H2,1H3. The summed E-state index contributed by atoms with van der Waals surface area (Å²) < 4.78 is 3.88. The van der Waals surface area contributed by atoms with Crippen LogP contribution in [0.3, 0.4) is 0 Å². The van der Waals surface area contributed by atoms with Gasteiger partial charge in [0, 0.05) is 50.3 Å². The highest BCUT2D eigenvalue weighted by Gasteiger charge is 2.23. The molecule has 4 rings (SSSR count). The Morgan fingerprint density at radius 3 is 2.96 bits per heavy atom. The molecule has 0 radical (unpaired) electrons. The van der Waals surface area contributed by atoms with Gasteiger partial charge in [0.05, 0.1) is 18.4 Å². The number of likely N-dealkylation sites (tertiary alicyclic amines) is 1. The lowest BCUT2D eigenvalue weighted by Gasteiger charge is -2.32. The highest BCUT2D eigenvalue weighted by atomic mass is 15.4. The summed E-state index contributed by atoms with van der Waals surface area (Å²) in [6.45, 7) is 3.72. The molecule has 0 bridgehead atoms. The first-order valence-electron chi connectivity index (χ1n) is 8.76. The molecule has 0 aliphatic carbocycles. The average Bonchev–Trinajstić information content (AvgIpc) is 3.25. The van der Waals surface area contributed by atoms with Crippen molar-refractivity contribution < 1.29 is 0 Å². The van der Waals surface area contributed by atoms with Gasteiger partial charge in [0.1, 0.15) is 0 Å². The maximum atomic E-state index is 4.35. The molecule has 1 aliphatic heterocycles. The van der Waals surface area contributed by atoms with Crippen LogP contribution in [0, 0.1) is 0 Å². The summed E-state index contributed by atoms with van der Waals surface area (Å²) in [5.41, 5.74) is 3.48. The van der Waals surface area contributed by atoms with E-state index in [1.165, 1.54) is 18.5 Å². The number of nitrogens with zero attached hydrogens (tertiary/aromatic N) is 7. The molecule has 1 fully saturated rings. The summed E-state index contributed by atoms with van der Waals surface area (Å²) in [7, 11) is 2.03. The normalized spacial score (nSPS) is 18.5. The molecule has 3 aromatic rings. The van der Waals surface area contributed by atoms with Crippen LogP contribution in [0.4, 0.5) is 0 Å². The molecule has 1 unspecified atom stereocenters. The van der Waals surface area contributed by atoms with Crippen LogP contribution >= 0.6 is 0 Å². The maximum absolute atomic E-state index is 4.35. The zero-order valence-electron chi connectivity index (χ0n) is 14.5. The molecule has 7 heteroatoms. The van der Waals surface area contributed by atoms with Gasteiger partial charge in [-0.05, 0) is 37.1 Å². The predicted octanol–water partition coefficient (Wildman–Crippen LogP) is 1.83. The van der Waals surface area contributed by atoms with E-state index in [-0.39, 0.29) is 0 Å². The highest BCUT2D eigenvalue weighted by Crippen LogP contribution is 2.26. The molecule has 1 atom stereocenters. The minimum absolute atomic E-state index is 0.548. The van der Waals surface area contributed by atoms with Gasteiger partial charge in [-0.2, -0.15) is 5.10 Å². The van der Waals surface area contributed by atoms with E-state index in [1.807, 2.05) is 41.1 Å². The SMILES string of the molecule is Cn1nccc1C1CCCN(Cc2cn(Cc3cccnc3)nn2)C1. The largest absolute Gasteiger partial charge is 0.297 e. The molecular weight excluding hydrogens is 314 g/mol. The fraction of sp³-hybridized carbons (Fsp3) is 0.444. The maximum Gasteiger partial charge on any atom is 0.0967 e. The lowest BCUT2D eigenvalue weighted by atomic mass is 9.94. The van der Waals surface area contributed by atoms with Crippen LogP contribution in [0.2, 0.25) is 0 Å². The fourth-order valence-corrected chi connectivity index (χ4v) is 3.62. The monoisotopic (exact) mass is 337 g/mol. The summed E-state index contributed by atoms with van der Waals surface area (Å²) in [4.78, 5) is 6.62. The molecule has 0 N–H and O–H groups in total. The van der Waals surface area contributed by atoms with E-state index in [0.717, 1.165) is 30.9 Å². The van der Waals surface area contributed by atoms with E-state index >= 15 is 0 Å². The third-order valence-electron chi connectivity index (χ3n) is 4.82. The molecule has 1 saturated heterocycles. The zero-order valence-corrected chi connectivity index (χ0v) is 14.5. The van der Waals surface area contributed by atoms with Crippen LogP contribution in [0.25, 0.3) is 0 Å². The van der Waals surface area contributed by atoms with Gasteiger partial charge in [-0.1, -0.05) is 11.3 Å². The number of hydrogen-bond acceptors (Lipinski definition) is 5. The van der Waals surface area contributed by atoms with Crippen LogP contribution < -0.4 is 0 Å². The van der Waals surface area contributed by atoms with Crippen molar-refractivity contribution in [2.75, 3.05) is 13.1 Å². The lowest BCUT2D eigenvalue weighted by molar-refractivity contribution is 0.194. The Bertz CT molecular complexity index is 808. The van der Waals surface area contributed by atoms with Gasteiger partial charge >= 0.3 is 0 Å². The van der Waals surface area contributed by atoms with Crippen LogP contribution in [0.5, 0.6) is 0 Å². The van der Waals surface area contributed by atoms with Gasteiger partial charge in [-0.15, -0.1) is 5.10 Å². The summed E-state index contributed by atoms with van der Waals surface area (Å²) in [5.74, 6) is 0.548. The lowest BCUT2D eigenvalue weighted by Crippen LogP contribution is -2.34. The molecule has 0 amide bonds. The van der Waals surface area contributed by atoms with E-state index in [4.69, 9.17) is 0 Å². The van der Waals surface area contributed by atoms with Crippen molar-refractivity contribution in [3.63, 3.8) is 0 Å². The van der Waals surface area contributed by atoms with E-state index in [2.05, 4.69) is 37.4 Å². The van der Waals surface area contributed by atoms with Crippen LogP contribution in [0.15, 0.2) is 43.0 Å². The molecule has 3 aromatic heterocycles. The summed E-state index contributed by atoms with van der Waals surface area (Å²) in [6, 6.07) is 6.13. The quantitative estimate of drug-likeness (QED) is 0.711. The molecule has 7 nitrogen and oxygen atoms in total. The Balaban J connectivity index is 1.38. The van der Waals surface area contributed by atoms with Gasteiger partial charge in [0.15, 0.2) is 0 Å². The first kappa shape index (κ1) is 16.0. The van der Waals surface area contributed by atoms with Crippen molar-refractivity contribution in [1.29, 1.82) is 0 Å². The van der Waals surface area contributed by atoms with E-state index < -0.39 is 0 Å². The number of aryl methyl sites for hydroxylation is 1. The predicted molar refractivity (Wildman–Crippen MR) is 93.8 cm³/mol. The molecule has 25 heavy (non-hydrogen) atoms. The van der Waals surface area contributed by atoms with Crippen molar-refractivity contribution in [2.45, 2.75) is 31.8 Å². The number of rotatable bonds is 5. The Morgan fingerprint density at radius 1 is 1.20 bits per heavy atom. The molecular formula is C18H23N7. The topological polar surface area (TPSA) is 64.7 Å². The Hall–Kier alpha value is -2.54. The van der Waals surface area contributed by atoms with Gasteiger partial charge in [-0.3, -0.25) is 14.6 Å². The van der Waals surface area contributed by atoms with Crippen molar-refractivity contribution >= 4 is 0 Å². The van der Waals surface area contributed by atoms with Crippen molar-refractivity contribution in [3.8, 4) is 0 Å². The third kappa shape index (κ3) is 3.76. The molecule has 130 valence electrons. The smallest absolute Gasteiger partial charge is 0.0967 e. The Labute approximate surface area is 147 Å². The minimum atomic E-state index is 0.548. The average molecular weight is 337 g/mol. The molecule has 1 aliphatic rings. The number of piperidine rings is 1. The number of hydrogen-bond donors (Lipinski definition) is 0. The van der Waals surface area contributed by atoms with Crippen LogP contribution in [-0.2, 0) is 20.1 Å². The van der Waals surface area contributed by atoms with Gasteiger partial charge in [0.2, 0.25) is 0 Å². The van der Waals surface area contributed by atoms with E-state index in [1.54, 1.807) is 6.20 Å². The van der Waals surface area contributed by atoms with Crippen molar-refractivity contribution in [1.82, 2.24) is 34.7 Å². The van der Waals surface area contributed by atoms with Gasteiger partial charge in [-0.25, -0.2) is 4.68 Å². The molecule has 4 heterocycles. The first-order chi connectivity index (χ1) is 12.3. The second-order valence-electron chi connectivity index (χ2n) is 6.72. The summed E-state index contributed by atoms with van der Waals surface area (Å²) in [6.07, 6.45) is 10.0. The van der Waals surface area contributed by atoms with Gasteiger partial charge < -0.3 is 0 Å². The first-order valence-corrected chi connectivity index (χ1v) is 8.76. The fourth-order valence-electron chi connectivity index (χ4n) is 3.62. The Kier molecular flexibility index (Phi) is 4.56. The van der Waals surface area contributed by atoms with E-state index in [0.29, 0.717) is 12.5 Å². The van der Waals surface area contributed by atoms with Crippen molar-refractivity contribution in [2.24, 2.45) is 7.05 Å². The summed E-state index contributed by atoms with van der Waals surface area (Å²) in [5, 5.41) is 12.9.